The lowest BCUT2D eigenvalue weighted by Gasteiger charge is -2.33. The Kier molecular flexibility index (Phi) is 7.19. The molecule has 9 rings (SSSR count). The van der Waals surface area contributed by atoms with Crippen LogP contribution in [0.25, 0.3) is 33.1 Å². The molecule has 0 aliphatic carbocycles. The highest BCUT2D eigenvalue weighted by Gasteiger charge is 2.42. The molecule has 4 aliphatic rings. The number of carboxylic acids is 1. The zero-order chi connectivity index (χ0) is 31.4. The van der Waals surface area contributed by atoms with Gasteiger partial charge < -0.3 is 28.8 Å². The van der Waals surface area contributed by atoms with Gasteiger partial charge in [-0.05, 0) is 43.5 Å². The zero-order valence-corrected chi connectivity index (χ0v) is 25.1. The Morgan fingerprint density at radius 2 is 1.87 bits per heavy atom. The Morgan fingerprint density at radius 3 is 2.72 bits per heavy atom. The number of nitrogens with zero attached hydrogens (tertiary/aromatic N) is 6. The Morgan fingerprint density at radius 1 is 1.02 bits per heavy atom. The lowest BCUT2D eigenvalue weighted by molar-refractivity contribution is -0.138. The second-order valence-electron chi connectivity index (χ2n) is 12.2. The number of amides is 1. The number of rotatable bonds is 1. The summed E-state index contributed by atoms with van der Waals surface area (Å²) in [6, 6.07) is 11.3. The molecule has 0 saturated carbocycles. The van der Waals surface area contributed by atoms with E-state index >= 15 is 0 Å². The molecular formula is C33H33FN6O6. The first-order valence-electron chi connectivity index (χ1n) is 15.8. The summed E-state index contributed by atoms with van der Waals surface area (Å²) in [5.41, 5.74) is 2.83. The maximum atomic E-state index is 14.3. The maximum Gasteiger partial charge on any atom is 0.326 e. The van der Waals surface area contributed by atoms with Crippen LogP contribution in [0, 0.1) is 5.82 Å². The van der Waals surface area contributed by atoms with E-state index in [9.17, 15) is 19.1 Å². The van der Waals surface area contributed by atoms with E-state index in [-0.39, 0.29) is 24.9 Å². The molecule has 2 fully saturated rings. The fourth-order valence-electron chi connectivity index (χ4n) is 7.04. The second-order valence-corrected chi connectivity index (χ2v) is 12.2. The number of hydrogen-bond donors (Lipinski definition) is 1. The van der Waals surface area contributed by atoms with Gasteiger partial charge >= 0.3 is 5.97 Å². The minimum absolute atomic E-state index is 0.0317. The second kappa shape index (κ2) is 11.5. The summed E-state index contributed by atoms with van der Waals surface area (Å²) in [5.74, 6) is -0.429. The summed E-state index contributed by atoms with van der Waals surface area (Å²) in [4.78, 5) is 43.6. The summed E-state index contributed by atoms with van der Waals surface area (Å²) in [7, 11) is 0. The number of benzene rings is 2. The number of fused-ring (bicyclic) bond motifs is 12. The van der Waals surface area contributed by atoms with Gasteiger partial charge in [0.05, 0.1) is 24.2 Å². The molecule has 1 N–H and O–H groups in total. The highest BCUT2D eigenvalue weighted by molar-refractivity contribution is 6.06. The van der Waals surface area contributed by atoms with Crippen LogP contribution < -0.4 is 9.64 Å². The smallest absolute Gasteiger partial charge is 0.326 e. The average Bonchev–Trinajstić information content (AvgIpc) is 3.75. The molecule has 5 aromatic rings. The molecule has 12 nitrogen and oxygen atoms in total. The van der Waals surface area contributed by atoms with Crippen LogP contribution in [-0.2, 0) is 20.7 Å². The normalized spacial score (nSPS) is 22.8. The molecule has 46 heavy (non-hydrogen) atoms. The average molecular weight is 629 g/mol. The van der Waals surface area contributed by atoms with Crippen LogP contribution in [0.4, 0.5) is 10.2 Å². The first kappa shape index (κ1) is 28.7. The molecule has 2 aromatic carbocycles. The van der Waals surface area contributed by atoms with Crippen molar-refractivity contribution in [3.63, 3.8) is 0 Å². The van der Waals surface area contributed by atoms with Gasteiger partial charge in [-0.25, -0.2) is 19.2 Å². The third kappa shape index (κ3) is 5.08. The molecule has 6 bridgehead atoms. The van der Waals surface area contributed by atoms with Crippen molar-refractivity contribution in [3.8, 4) is 6.01 Å². The van der Waals surface area contributed by atoms with Gasteiger partial charge in [0, 0.05) is 56.5 Å². The number of halogens is 1. The minimum Gasteiger partial charge on any atom is -0.480 e. The van der Waals surface area contributed by atoms with Crippen molar-refractivity contribution in [1.82, 2.24) is 24.4 Å². The number of piperidine rings is 1. The number of furan rings is 1. The van der Waals surface area contributed by atoms with Gasteiger partial charge in [0.1, 0.15) is 34.9 Å². The van der Waals surface area contributed by atoms with Gasteiger partial charge in [-0.1, -0.05) is 12.1 Å². The topological polar surface area (TPSA) is 136 Å². The number of carbonyl (C=O) groups excluding carboxylic acids is 1. The lowest BCUT2D eigenvalue weighted by Crippen LogP contribution is -2.39. The van der Waals surface area contributed by atoms with Crippen LogP contribution in [-0.4, -0.2) is 86.4 Å². The van der Waals surface area contributed by atoms with E-state index in [4.69, 9.17) is 23.9 Å². The third-order valence-corrected chi connectivity index (χ3v) is 9.29. The number of para-hydroxylation sites is 1. The number of carboxylic acid groups (broad SMARTS) is 1. The van der Waals surface area contributed by atoms with Gasteiger partial charge in [-0.15, -0.1) is 0 Å². The van der Waals surface area contributed by atoms with Gasteiger partial charge in [-0.3, -0.25) is 9.36 Å². The predicted octanol–water partition coefficient (Wildman–Crippen LogP) is 4.49. The SMILES string of the molecule is O=C(O)[C@@H]1C[C@H]2CN1c1nc(nc3c1oc1ccccc13)CCOCCCC(=O)N1CCC(CC1)n1c(nc3cc(F)ccc31)O2. The largest absolute Gasteiger partial charge is 0.480 e. The van der Waals surface area contributed by atoms with Crippen LogP contribution in [0.1, 0.15) is 44.0 Å². The van der Waals surface area contributed by atoms with Crippen molar-refractivity contribution in [2.75, 3.05) is 37.7 Å². The number of imidazole rings is 1. The maximum absolute atomic E-state index is 14.3. The lowest BCUT2D eigenvalue weighted by atomic mass is 10.0. The first-order chi connectivity index (χ1) is 22.4. The first-order valence-corrected chi connectivity index (χ1v) is 15.8. The van der Waals surface area contributed by atoms with Crippen molar-refractivity contribution >= 4 is 50.8 Å². The number of aliphatic carboxylic acids is 1. The summed E-state index contributed by atoms with van der Waals surface area (Å²) in [5, 5.41) is 11.2. The Bertz CT molecular complexity index is 1970. The van der Waals surface area contributed by atoms with Gasteiger partial charge in [0.25, 0.3) is 6.01 Å². The van der Waals surface area contributed by atoms with Crippen LogP contribution in [0.3, 0.4) is 0 Å². The van der Waals surface area contributed by atoms with E-state index in [1.807, 2.05) is 33.7 Å². The van der Waals surface area contributed by atoms with Crippen molar-refractivity contribution in [2.24, 2.45) is 0 Å². The Labute approximate surface area is 262 Å². The predicted molar refractivity (Wildman–Crippen MR) is 165 cm³/mol. The molecule has 2 saturated heterocycles. The van der Waals surface area contributed by atoms with Crippen molar-refractivity contribution in [3.05, 3.63) is 54.1 Å². The number of ether oxygens (including phenoxy) is 2. The molecule has 3 aromatic heterocycles. The molecular weight excluding hydrogens is 595 g/mol. The molecule has 7 heterocycles. The monoisotopic (exact) mass is 628 g/mol. The van der Waals surface area contributed by atoms with Crippen LogP contribution in [0.5, 0.6) is 6.01 Å². The third-order valence-electron chi connectivity index (χ3n) is 9.29. The van der Waals surface area contributed by atoms with Crippen molar-refractivity contribution < 1.29 is 33.0 Å². The molecule has 0 spiro atoms. The number of carbonyl (C=O) groups is 2. The van der Waals surface area contributed by atoms with E-state index in [1.54, 1.807) is 11.0 Å². The highest BCUT2D eigenvalue weighted by Crippen LogP contribution is 2.38. The highest BCUT2D eigenvalue weighted by atomic mass is 19.1. The van der Waals surface area contributed by atoms with Crippen molar-refractivity contribution in [1.29, 1.82) is 0 Å². The van der Waals surface area contributed by atoms with E-state index < -0.39 is 23.9 Å². The molecule has 2 atom stereocenters. The van der Waals surface area contributed by atoms with Crippen molar-refractivity contribution in [2.45, 2.75) is 56.7 Å². The standard InChI is InChI=1S/C33H33FN6O6/c34-19-7-8-24-23(16-19)35-33-40(24)20-9-12-38(13-10-20)28(41)6-3-14-44-15-11-27-36-29-22-4-1-2-5-26(22)46-30(29)31(37-27)39-18-21(45-33)17-25(39)32(42)43/h1-2,4-5,7-8,16,20-21,25H,3,6,9-15,17-18H2,(H,42,43)/t21-,25-/m0/s1. The van der Waals surface area contributed by atoms with E-state index in [0.717, 1.165) is 10.9 Å². The van der Waals surface area contributed by atoms with E-state index in [2.05, 4.69) is 4.98 Å². The number of hydrogen-bond acceptors (Lipinski definition) is 9. The van der Waals surface area contributed by atoms with E-state index in [0.29, 0.717) is 98.3 Å². The Hall–Kier alpha value is -4.78. The minimum atomic E-state index is -1.01. The summed E-state index contributed by atoms with van der Waals surface area (Å²) >= 11 is 0. The van der Waals surface area contributed by atoms with Gasteiger partial charge in [-0.2, -0.15) is 4.98 Å². The fourth-order valence-corrected chi connectivity index (χ4v) is 7.04. The van der Waals surface area contributed by atoms with Crippen LogP contribution in [0.15, 0.2) is 46.9 Å². The number of anilines is 1. The van der Waals surface area contributed by atoms with E-state index in [1.165, 1.54) is 12.1 Å². The fraction of sp³-hybridized carbons (Fsp3) is 0.424. The summed E-state index contributed by atoms with van der Waals surface area (Å²) in [6.45, 7) is 2.16. The molecule has 1 amide bonds. The van der Waals surface area contributed by atoms with Gasteiger partial charge in [0.2, 0.25) is 5.91 Å². The molecule has 4 aliphatic heterocycles. The molecule has 0 unspecified atom stereocenters. The number of aromatic nitrogens is 4. The quantitative estimate of drug-likeness (QED) is 0.283. The summed E-state index contributed by atoms with van der Waals surface area (Å²) < 4.78 is 34.9. The molecule has 238 valence electrons. The van der Waals surface area contributed by atoms with Crippen LogP contribution >= 0.6 is 0 Å². The zero-order valence-electron chi connectivity index (χ0n) is 25.1. The van der Waals surface area contributed by atoms with Crippen LogP contribution in [0.2, 0.25) is 0 Å². The van der Waals surface area contributed by atoms with Gasteiger partial charge in [0.15, 0.2) is 11.4 Å². The summed E-state index contributed by atoms with van der Waals surface area (Å²) in [6.07, 6.45) is 2.37. The Balaban J connectivity index is 1.22. The molecule has 0 radical (unpaired) electrons. The molecule has 13 heteroatoms.